The number of amides is 1. The Kier molecular flexibility index (Phi) is 6.83. The number of nitriles is 1. The number of carbonyl (C=O) groups is 1. The molecule has 9 heteroatoms. The van der Waals surface area contributed by atoms with Crippen molar-refractivity contribution in [3.8, 4) is 22.9 Å². The molecule has 1 saturated heterocycles. The van der Waals surface area contributed by atoms with Crippen molar-refractivity contribution >= 4 is 44.7 Å². The fourth-order valence-electron chi connectivity index (χ4n) is 4.87. The number of nitrogens with zero attached hydrogens (tertiary/aromatic N) is 4. The number of nitrogens with two attached hydrogens (primary N) is 2. The number of rotatable bonds is 5. The van der Waals surface area contributed by atoms with Crippen LogP contribution in [0.1, 0.15) is 40.6 Å². The van der Waals surface area contributed by atoms with Gasteiger partial charge >= 0.3 is 0 Å². The molecule has 4 aromatic rings. The predicted molar refractivity (Wildman–Crippen MR) is 154 cm³/mol. The Hall–Kier alpha value is -4.29. The second-order valence-corrected chi connectivity index (χ2v) is 10.6. The molecular weight excluding hydrogens is 496 g/mol. The molecule has 38 heavy (non-hydrogen) atoms. The lowest BCUT2D eigenvalue weighted by molar-refractivity contribution is 0.0752. The quantitative estimate of drug-likeness (QED) is 0.371. The number of nitrogen functional groups attached to an aromatic ring is 2. The maximum absolute atomic E-state index is 13.6. The van der Waals surface area contributed by atoms with Crippen LogP contribution in [0, 0.1) is 11.3 Å². The highest BCUT2D eigenvalue weighted by molar-refractivity contribution is 7.21. The maximum Gasteiger partial charge on any atom is 0.266 e. The summed E-state index contributed by atoms with van der Waals surface area (Å²) in [6.45, 7) is 6.82. The Morgan fingerprint density at radius 3 is 2.29 bits per heavy atom. The van der Waals surface area contributed by atoms with Crippen LogP contribution in [0.25, 0.3) is 21.3 Å². The van der Waals surface area contributed by atoms with Gasteiger partial charge in [0, 0.05) is 42.8 Å². The van der Waals surface area contributed by atoms with Crippen LogP contribution in [0.3, 0.4) is 0 Å². The SMILES string of the molecule is COc1ccc(N2CCN(C(=O)c3sc4nc(N)c(C#N)c(-c5ccc(C(C)C)cc5)c4c3N)CC2)cc1. The number of fused-ring (bicyclic) bond motifs is 1. The first-order valence-corrected chi connectivity index (χ1v) is 13.3. The van der Waals surface area contributed by atoms with Gasteiger partial charge in [-0.15, -0.1) is 11.3 Å². The second kappa shape index (κ2) is 10.2. The van der Waals surface area contributed by atoms with E-state index in [1.165, 1.54) is 16.9 Å². The number of carbonyl (C=O) groups excluding carboxylic acids is 1. The molecular formula is C29H30N6O2S. The number of thiophene rings is 1. The molecule has 3 heterocycles. The number of piperazine rings is 1. The van der Waals surface area contributed by atoms with Crippen LogP contribution in [-0.2, 0) is 0 Å². The first kappa shape index (κ1) is 25.4. The normalized spacial score (nSPS) is 13.7. The fraction of sp³-hybridized carbons (Fsp3) is 0.276. The van der Waals surface area contributed by atoms with Crippen LogP contribution in [0.2, 0.25) is 0 Å². The molecule has 0 saturated carbocycles. The first-order valence-electron chi connectivity index (χ1n) is 12.5. The van der Waals surface area contributed by atoms with Gasteiger partial charge in [0.25, 0.3) is 5.91 Å². The minimum atomic E-state index is -0.127. The van der Waals surface area contributed by atoms with Gasteiger partial charge in [-0.05, 0) is 41.3 Å². The molecule has 0 atom stereocenters. The summed E-state index contributed by atoms with van der Waals surface area (Å²) in [6, 6.07) is 18.2. The van der Waals surface area contributed by atoms with Gasteiger partial charge < -0.3 is 26.0 Å². The van der Waals surface area contributed by atoms with Gasteiger partial charge in [0.15, 0.2) is 0 Å². The van der Waals surface area contributed by atoms with E-state index in [-0.39, 0.29) is 17.3 Å². The van der Waals surface area contributed by atoms with E-state index in [0.29, 0.717) is 58.4 Å². The maximum atomic E-state index is 13.6. The zero-order valence-corrected chi connectivity index (χ0v) is 22.5. The molecule has 1 amide bonds. The number of methoxy groups -OCH3 is 1. The van der Waals surface area contributed by atoms with Crippen molar-refractivity contribution < 1.29 is 9.53 Å². The topological polar surface area (TPSA) is 121 Å². The molecule has 0 aliphatic carbocycles. The van der Waals surface area contributed by atoms with E-state index in [1.54, 1.807) is 7.11 Å². The second-order valence-electron chi connectivity index (χ2n) is 9.64. The first-order chi connectivity index (χ1) is 18.3. The third-order valence-corrected chi connectivity index (χ3v) is 8.17. The molecule has 2 aromatic heterocycles. The predicted octanol–water partition coefficient (Wildman–Crippen LogP) is 5.09. The molecule has 4 N–H and O–H groups in total. The fourth-order valence-corrected chi connectivity index (χ4v) is 5.95. The summed E-state index contributed by atoms with van der Waals surface area (Å²) in [5.41, 5.74) is 17.2. The number of hydrogen-bond acceptors (Lipinski definition) is 8. The number of anilines is 3. The molecule has 1 aliphatic rings. The molecule has 194 valence electrons. The van der Waals surface area contributed by atoms with Crippen LogP contribution < -0.4 is 21.1 Å². The van der Waals surface area contributed by atoms with Crippen LogP contribution in [0.15, 0.2) is 48.5 Å². The van der Waals surface area contributed by atoms with Gasteiger partial charge in [-0.25, -0.2) is 4.98 Å². The highest BCUT2D eigenvalue weighted by Crippen LogP contribution is 2.43. The summed E-state index contributed by atoms with van der Waals surface area (Å²) in [6.07, 6.45) is 0. The average Bonchev–Trinajstić information content (AvgIpc) is 3.27. The van der Waals surface area contributed by atoms with Crippen molar-refractivity contribution in [3.63, 3.8) is 0 Å². The number of pyridine rings is 1. The minimum Gasteiger partial charge on any atom is -0.497 e. The van der Waals surface area contributed by atoms with Crippen LogP contribution in [0.5, 0.6) is 5.75 Å². The van der Waals surface area contributed by atoms with Crippen LogP contribution in [0.4, 0.5) is 17.2 Å². The van der Waals surface area contributed by atoms with Crippen LogP contribution >= 0.6 is 11.3 Å². The van der Waals surface area contributed by atoms with E-state index in [2.05, 4.69) is 29.8 Å². The minimum absolute atomic E-state index is 0.127. The van der Waals surface area contributed by atoms with Crippen molar-refractivity contribution in [2.45, 2.75) is 19.8 Å². The van der Waals surface area contributed by atoms with E-state index >= 15 is 0 Å². The highest BCUT2D eigenvalue weighted by atomic mass is 32.1. The molecule has 0 radical (unpaired) electrons. The van der Waals surface area contributed by atoms with Gasteiger partial charge in [-0.3, -0.25) is 4.79 Å². The Morgan fingerprint density at radius 1 is 1.05 bits per heavy atom. The Morgan fingerprint density at radius 2 is 1.71 bits per heavy atom. The third-order valence-electron chi connectivity index (χ3n) is 7.08. The summed E-state index contributed by atoms with van der Waals surface area (Å²) < 4.78 is 5.25. The van der Waals surface area contributed by atoms with E-state index < -0.39 is 0 Å². The van der Waals surface area contributed by atoms with Crippen LogP contribution in [-0.4, -0.2) is 49.1 Å². The Labute approximate surface area is 226 Å². The van der Waals surface area contributed by atoms with Gasteiger partial charge in [-0.2, -0.15) is 5.26 Å². The standard InChI is InChI=1S/C29H30N6O2S/c1-17(2)18-4-6-19(7-5-18)23-22(16-30)27(32)33-28-24(23)25(31)26(38-28)29(36)35-14-12-34(13-15-35)20-8-10-21(37-3)11-9-20/h4-11,17H,12-15,31H2,1-3H3,(H2,32,33). The monoisotopic (exact) mass is 526 g/mol. The van der Waals surface area contributed by atoms with Crippen molar-refractivity contribution in [2.24, 2.45) is 0 Å². The number of benzene rings is 2. The molecule has 8 nitrogen and oxygen atoms in total. The van der Waals surface area contributed by atoms with E-state index in [9.17, 15) is 10.1 Å². The van der Waals surface area contributed by atoms with Crippen molar-refractivity contribution in [1.29, 1.82) is 5.26 Å². The highest BCUT2D eigenvalue weighted by Gasteiger charge is 2.29. The molecule has 2 aromatic carbocycles. The lowest BCUT2D eigenvalue weighted by Gasteiger charge is -2.36. The molecule has 0 spiro atoms. The molecule has 5 rings (SSSR count). The zero-order chi connectivity index (χ0) is 27.0. The van der Waals surface area contributed by atoms with Gasteiger partial charge in [0.1, 0.15) is 32.9 Å². The lowest BCUT2D eigenvalue weighted by atomic mass is 9.94. The molecule has 0 unspecified atom stereocenters. The number of hydrogen-bond donors (Lipinski definition) is 2. The Bertz CT molecular complexity index is 1530. The van der Waals surface area contributed by atoms with Gasteiger partial charge in [0.05, 0.1) is 12.8 Å². The van der Waals surface area contributed by atoms with Gasteiger partial charge in [-0.1, -0.05) is 38.1 Å². The average molecular weight is 527 g/mol. The number of aromatic nitrogens is 1. The van der Waals surface area contributed by atoms with E-state index in [0.717, 1.165) is 17.0 Å². The summed E-state index contributed by atoms with van der Waals surface area (Å²) in [5.74, 6) is 1.20. The van der Waals surface area contributed by atoms with E-state index in [4.69, 9.17) is 16.2 Å². The molecule has 1 aliphatic heterocycles. The number of ether oxygens (including phenoxy) is 1. The van der Waals surface area contributed by atoms with E-state index in [1.807, 2.05) is 53.4 Å². The summed E-state index contributed by atoms with van der Waals surface area (Å²) in [7, 11) is 1.65. The molecule has 0 bridgehead atoms. The summed E-state index contributed by atoms with van der Waals surface area (Å²) >= 11 is 1.23. The molecule has 1 fully saturated rings. The third kappa shape index (κ3) is 4.48. The Balaban J connectivity index is 1.46. The largest absolute Gasteiger partial charge is 0.497 e. The smallest absolute Gasteiger partial charge is 0.266 e. The van der Waals surface area contributed by atoms with Crippen molar-refractivity contribution in [3.05, 3.63) is 64.5 Å². The summed E-state index contributed by atoms with van der Waals surface area (Å²) in [4.78, 5) is 23.1. The zero-order valence-electron chi connectivity index (χ0n) is 21.7. The van der Waals surface area contributed by atoms with Crippen molar-refractivity contribution in [1.82, 2.24) is 9.88 Å². The lowest BCUT2D eigenvalue weighted by Crippen LogP contribution is -2.48. The van der Waals surface area contributed by atoms with Crippen molar-refractivity contribution in [2.75, 3.05) is 49.7 Å². The van der Waals surface area contributed by atoms with Gasteiger partial charge in [0.2, 0.25) is 0 Å². The summed E-state index contributed by atoms with van der Waals surface area (Å²) in [5, 5.41) is 10.5.